The fourth-order valence-corrected chi connectivity index (χ4v) is 2.77. The number of carbonyl (C=O) groups excluding carboxylic acids is 1. The number of hydrogen-bond donors (Lipinski definition) is 1. The molecule has 1 aliphatic rings. The van der Waals surface area contributed by atoms with Gasteiger partial charge in [0.15, 0.2) is 0 Å². The summed E-state index contributed by atoms with van der Waals surface area (Å²) in [5.74, 6) is 0. The van der Waals surface area contributed by atoms with Crippen molar-refractivity contribution in [1.29, 1.82) is 0 Å². The van der Waals surface area contributed by atoms with Gasteiger partial charge in [0.1, 0.15) is 6.10 Å². The highest BCUT2D eigenvalue weighted by atomic mass is 35.5. The number of nitrogens with one attached hydrogen (secondary N) is 1. The molecule has 0 bridgehead atoms. The molecule has 0 fully saturated rings. The smallest absolute Gasteiger partial charge is 0.412 e. The standard InChI is InChI=1S/C17H16ClNO2/c18-13-8-10-14(11-9-13)19-17(20)21-16-7-3-5-12-4-1-2-6-15(12)16/h1-2,4,6,8-11,16H,3,5,7H2,(H,19,20)/t16-/m1/s1. The van der Waals surface area contributed by atoms with Crippen molar-refractivity contribution in [3.63, 3.8) is 0 Å². The number of rotatable bonds is 2. The first-order chi connectivity index (χ1) is 10.2. The fourth-order valence-electron chi connectivity index (χ4n) is 2.64. The highest BCUT2D eigenvalue weighted by Gasteiger charge is 2.23. The predicted octanol–water partition coefficient (Wildman–Crippen LogP) is 4.97. The number of fused-ring (bicyclic) bond motifs is 1. The minimum absolute atomic E-state index is 0.165. The lowest BCUT2D eigenvalue weighted by molar-refractivity contribution is 0.0999. The largest absolute Gasteiger partial charge is 0.441 e. The third-order valence-electron chi connectivity index (χ3n) is 3.65. The van der Waals surface area contributed by atoms with Gasteiger partial charge < -0.3 is 4.74 Å². The number of hydrogen-bond acceptors (Lipinski definition) is 2. The summed E-state index contributed by atoms with van der Waals surface area (Å²) < 4.78 is 5.57. The third-order valence-corrected chi connectivity index (χ3v) is 3.91. The summed E-state index contributed by atoms with van der Waals surface area (Å²) in [6, 6.07) is 15.1. The molecule has 2 aromatic carbocycles. The number of amides is 1. The quantitative estimate of drug-likeness (QED) is 0.851. The van der Waals surface area contributed by atoms with Crippen molar-refractivity contribution in [3.8, 4) is 0 Å². The zero-order chi connectivity index (χ0) is 14.7. The van der Waals surface area contributed by atoms with Crippen LogP contribution in [0.3, 0.4) is 0 Å². The van der Waals surface area contributed by atoms with Gasteiger partial charge in [0.2, 0.25) is 0 Å². The van der Waals surface area contributed by atoms with E-state index in [1.54, 1.807) is 24.3 Å². The zero-order valence-corrected chi connectivity index (χ0v) is 12.3. The van der Waals surface area contributed by atoms with Crippen molar-refractivity contribution in [2.24, 2.45) is 0 Å². The van der Waals surface area contributed by atoms with Crippen LogP contribution < -0.4 is 5.32 Å². The molecule has 1 aliphatic carbocycles. The Morgan fingerprint density at radius 2 is 1.90 bits per heavy atom. The first-order valence-electron chi connectivity index (χ1n) is 7.03. The van der Waals surface area contributed by atoms with Gasteiger partial charge in [-0.3, -0.25) is 5.32 Å². The maximum absolute atomic E-state index is 12.0. The van der Waals surface area contributed by atoms with Gasteiger partial charge in [0.25, 0.3) is 0 Å². The number of anilines is 1. The van der Waals surface area contributed by atoms with Crippen molar-refractivity contribution in [2.45, 2.75) is 25.4 Å². The molecule has 108 valence electrons. The Hall–Kier alpha value is -2.00. The summed E-state index contributed by atoms with van der Waals surface area (Å²) >= 11 is 5.82. The molecule has 0 saturated heterocycles. The summed E-state index contributed by atoms with van der Waals surface area (Å²) in [5.41, 5.74) is 3.07. The van der Waals surface area contributed by atoms with E-state index in [-0.39, 0.29) is 6.10 Å². The fraction of sp³-hybridized carbons (Fsp3) is 0.235. The molecule has 0 unspecified atom stereocenters. The molecule has 0 heterocycles. The number of halogens is 1. The van der Waals surface area contributed by atoms with Gasteiger partial charge in [-0.2, -0.15) is 0 Å². The number of benzene rings is 2. The van der Waals surface area contributed by atoms with Gasteiger partial charge in [-0.15, -0.1) is 0 Å². The second-order valence-corrected chi connectivity index (χ2v) is 5.55. The summed E-state index contributed by atoms with van der Waals surface area (Å²) in [6.07, 6.45) is 2.36. The van der Waals surface area contributed by atoms with Crippen LogP contribution >= 0.6 is 11.6 Å². The number of ether oxygens (including phenoxy) is 1. The molecule has 0 saturated carbocycles. The lowest BCUT2D eigenvalue weighted by atomic mass is 9.89. The lowest BCUT2D eigenvalue weighted by Gasteiger charge is -2.25. The summed E-state index contributed by atoms with van der Waals surface area (Å²) in [4.78, 5) is 12.0. The van der Waals surface area contributed by atoms with E-state index in [0.717, 1.165) is 24.8 Å². The predicted molar refractivity (Wildman–Crippen MR) is 83.7 cm³/mol. The molecular formula is C17H16ClNO2. The van der Waals surface area contributed by atoms with Gasteiger partial charge in [0.05, 0.1) is 0 Å². The average molecular weight is 302 g/mol. The molecule has 1 N–H and O–H groups in total. The van der Waals surface area contributed by atoms with Crippen molar-refractivity contribution >= 4 is 23.4 Å². The molecule has 0 aromatic heterocycles. The zero-order valence-electron chi connectivity index (χ0n) is 11.5. The van der Waals surface area contributed by atoms with E-state index in [4.69, 9.17) is 16.3 Å². The van der Waals surface area contributed by atoms with Crippen molar-refractivity contribution in [1.82, 2.24) is 0 Å². The first-order valence-corrected chi connectivity index (χ1v) is 7.41. The van der Waals surface area contributed by atoms with Crippen LogP contribution in [0.4, 0.5) is 10.5 Å². The maximum atomic E-state index is 12.0. The van der Waals surface area contributed by atoms with Gasteiger partial charge in [-0.05, 0) is 54.7 Å². The molecule has 2 aromatic rings. The minimum Gasteiger partial charge on any atom is -0.441 e. The van der Waals surface area contributed by atoms with E-state index in [1.807, 2.05) is 18.2 Å². The normalized spacial score (nSPS) is 16.9. The van der Waals surface area contributed by atoms with Crippen molar-refractivity contribution < 1.29 is 9.53 Å². The van der Waals surface area contributed by atoms with Crippen LogP contribution in [0.1, 0.15) is 30.1 Å². The van der Waals surface area contributed by atoms with Gasteiger partial charge in [-0.25, -0.2) is 4.79 Å². The van der Waals surface area contributed by atoms with Crippen LogP contribution in [0.25, 0.3) is 0 Å². The Balaban J connectivity index is 1.67. The van der Waals surface area contributed by atoms with E-state index in [1.165, 1.54) is 5.56 Å². The van der Waals surface area contributed by atoms with Gasteiger partial charge >= 0.3 is 6.09 Å². The SMILES string of the molecule is O=C(Nc1ccc(Cl)cc1)O[C@@H]1CCCc2ccccc21. The summed E-state index contributed by atoms with van der Waals surface area (Å²) in [5, 5.41) is 3.36. The molecule has 0 aliphatic heterocycles. The molecule has 21 heavy (non-hydrogen) atoms. The maximum Gasteiger partial charge on any atom is 0.412 e. The van der Waals surface area contributed by atoms with E-state index in [0.29, 0.717) is 10.7 Å². The number of aryl methyl sites for hydroxylation is 1. The van der Waals surface area contributed by atoms with Crippen LogP contribution in [0, 0.1) is 0 Å². The lowest BCUT2D eigenvalue weighted by Crippen LogP contribution is -2.20. The molecule has 3 rings (SSSR count). The second kappa shape index (κ2) is 6.19. The van der Waals surface area contributed by atoms with E-state index in [2.05, 4.69) is 11.4 Å². The number of carbonyl (C=O) groups is 1. The monoisotopic (exact) mass is 301 g/mol. The van der Waals surface area contributed by atoms with Crippen LogP contribution in [0.5, 0.6) is 0 Å². The van der Waals surface area contributed by atoms with Crippen LogP contribution in [0.15, 0.2) is 48.5 Å². The molecular weight excluding hydrogens is 286 g/mol. The van der Waals surface area contributed by atoms with Gasteiger partial charge in [-0.1, -0.05) is 35.9 Å². The Bertz CT molecular complexity index is 639. The van der Waals surface area contributed by atoms with E-state index >= 15 is 0 Å². The molecule has 1 amide bonds. The first kappa shape index (κ1) is 14.0. The van der Waals surface area contributed by atoms with Crippen LogP contribution in [-0.4, -0.2) is 6.09 Å². The van der Waals surface area contributed by atoms with Crippen molar-refractivity contribution in [3.05, 3.63) is 64.7 Å². The Labute approximate surface area is 128 Å². The topological polar surface area (TPSA) is 38.3 Å². The van der Waals surface area contributed by atoms with Crippen LogP contribution in [-0.2, 0) is 11.2 Å². The van der Waals surface area contributed by atoms with E-state index in [9.17, 15) is 4.79 Å². The molecule has 4 heteroatoms. The summed E-state index contributed by atoms with van der Waals surface area (Å²) in [7, 11) is 0. The van der Waals surface area contributed by atoms with E-state index < -0.39 is 6.09 Å². The highest BCUT2D eigenvalue weighted by molar-refractivity contribution is 6.30. The third kappa shape index (κ3) is 3.37. The Morgan fingerprint density at radius 3 is 2.71 bits per heavy atom. The van der Waals surface area contributed by atoms with Crippen molar-refractivity contribution in [2.75, 3.05) is 5.32 Å². The minimum atomic E-state index is -0.431. The highest BCUT2D eigenvalue weighted by Crippen LogP contribution is 2.32. The second-order valence-electron chi connectivity index (χ2n) is 5.12. The Morgan fingerprint density at radius 1 is 1.14 bits per heavy atom. The van der Waals surface area contributed by atoms with Gasteiger partial charge in [0, 0.05) is 10.7 Å². The Kier molecular flexibility index (Phi) is 4.11. The molecule has 3 nitrogen and oxygen atoms in total. The van der Waals surface area contributed by atoms with Crippen LogP contribution in [0.2, 0.25) is 5.02 Å². The molecule has 0 spiro atoms. The average Bonchev–Trinajstić information content (AvgIpc) is 2.50. The molecule has 1 atom stereocenters. The summed E-state index contributed by atoms with van der Waals surface area (Å²) in [6.45, 7) is 0. The molecule has 0 radical (unpaired) electrons.